The van der Waals surface area contributed by atoms with Gasteiger partial charge in [0.25, 0.3) is 17.7 Å². The lowest BCUT2D eigenvalue weighted by atomic mass is 10.2. The fourth-order valence-electron chi connectivity index (χ4n) is 2.76. The number of methoxy groups -OCH3 is 1. The molecule has 2 rings (SSSR count). The Hall–Kier alpha value is -3.39. The van der Waals surface area contributed by atoms with Crippen LogP contribution in [-0.4, -0.2) is 51.5 Å². The van der Waals surface area contributed by atoms with Crippen LogP contribution in [0.2, 0.25) is 0 Å². The summed E-state index contributed by atoms with van der Waals surface area (Å²) < 4.78 is 5.14. The molecule has 2 aromatic carbocycles. The second-order valence-electron chi connectivity index (χ2n) is 6.45. The van der Waals surface area contributed by atoms with Gasteiger partial charge >= 0.3 is 0 Å². The maximum atomic E-state index is 12.4. The summed E-state index contributed by atoms with van der Waals surface area (Å²) in [5.41, 5.74) is 1.63. The molecule has 8 nitrogen and oxygen atoms in total. The minimum Gasteiger partial charge on any atom is -0.497 e. The molecule has 0 fully saturated rings. The van der Waals surface area contributed by atoms with Crippen molar-refractivity contribution < 1.29 is 24.0 Å². The average Bonchev–Trinajstić information content (AvgIpc) is 2.72. The Kier molecular flexibility index (Phi) is 8.17. The topological polar surface area (TPSA) is 101 Å². The van der Waals surface area contributed by atoms with Crippen molar-refractivity contribution in [2.45, 2.75) is 6.92 Å². The van der Waals surface area contributed by atoms with Gasteiger partial charge in [0.2, 0.25) is 0 Å². The van der Waals surface area contributed by atoms with Crippen LogP contribution < -0.4 is 25.6 Å². The molecular formula is C21H27N4O4+. The summed E-state index contributed by atoms with van der Waals surface area (Å²) in [5.74, 6) is 0.00610. The van der Waals surface area contributed by atoms with Crippen molar-refractivity contribution in [2.24, 2.45) is 0 Å². The number of nitrogens with one attached hydrogen (secondary N) is 4. The minimum atomic E-state index is -0.231. The Morgan fingerprint density at radius 1 is 0.931 bits per heavy atom. The van der Waals surface area contributed by atoms with E-state index < -0.39 is 0 Å². The Labute approximate surface area is 170 Å². The molecule has 0 bridgehead atoms. The van der Waals surface area contributed by atoms with Crippen LogP contribution in [0.3, 0.4) is 0 Å². The first-order chi connectivity index (χ1) is 13.9. The van der Waals surface area contributed by atoms with E-state index in [0.717, 1.165) is 4.90 Å². The van der Waals surface area contributed by atoms with Crippen LogP contribution in [-0.2, 0) is 9.59 Å². The molecule has 0 aliphatic heterocycles. The molecule has 3 amide bonds. The third-order valence-electron chi connectivity index (χ3n) is 4.31. The van der Waals surface area contributed by atoms with Crippen LogP contribution in [0.5, 0.6) is 5.75 Å². The lowest BCUT2D eigenvalue weighted by Gasteiger charge is -2.17. The van der Waals surface area contributed by atoms with E-state index in [2.05, 4.69) is 16.0 Å². The zero-order chi connectivity index (χ0) is 21.2. The van der Waals surface area contributed by atoms with Gasteiger partial charge in [-0.25, -0.2) is 0 Å². The number of hydrogen-bond acceptors (Lipinski definition) is 4. The van der Waals surface area contributed by atoms with E-state index in [1.807, 2.05) is 6.92 Å². The highest BCUT2D eigenvalue weighted by Gasteiger charge is 2.17. The SMILES string of the molecule is CC[NH+](CC(=O)Nc1cccc(OC)c1)CC(=O)Nc1cccc(C(=O)NC)c1. The molecule has 0 heterocycles. The van der Waals surface area contributed by atoms with Crippen molar-refractivity contribution in [1.82, 2.24) is 5.32 Å². The number of anilines is 2. The molecule has 0 saturated heterocycles. The van der Waals surface area contributed by atoms with Crippen molar-refractivity contribution in [1.29, 1.82) is 0 Å². The van der Waals surface area contributed by atoms with Gasteiger partial charge in [-0.15, -0.1) is 0 Å². The van der Waals surface area contributed by atoms with E-state index in [1.54, 1.807) is 62.7 Å². The zero-order valence-electron chi connectivity index (χ0n) is 16.9. The normalized spacial score (nSPS) is 11.3. The summed E-state index contributed by atoms with van der Waals surface area (Å²) >= 11 is 0. The van der Waals surface area contributed by atoms with Crippen molar-refractivity contribution in [3.8, 4) is 5.75 Å². The largest absolute Gasteiger partial charge is 0.497 e. The van der Waals surface area contributed by atoms with Crippen LogP contribution >= 0.6 is 0 Å². The molecule has 4 N–H and O–H groups in total. The van der Waals surface area contributed by atoms with Gasteiger partial charge in [0.1, 0.15) is 5.75 Å². The van der Waals surface area contributed by atoms with Crippen molar-refractivity contribution in [2.75, 3.05) is 44.4 Å². The highest BCUT2D eigenvalue weighted by molar-refractivity contribution is 5.97. The van der Waals surface area contributed by atoms with Gasteiger partial charge in [-0.2, -0.15) is 0 Å². The van der Waals surface area contributed by atoms with Crippen LogP contribution in [0.1, 0.15) is 17.3 Å². The molecule has 0 aliphatic rings. The number of hydrogen-bond donors (Lipinski definition) is 4. The summed E-state index contributed by atoms with van der Waals surface area (Å²) in [7, 11) is 3.11. The zero-order valence-corrected chi connectivity index (χ0v) is 16.9. The third-order valence-corrected chi connectivity index (χ3v) is 4.31. The smallest absolute Gasteiger partial charge is 0.279 e. The number of amides is 3. The van der Waals surface area contributed by atoms with E-state index in [1.165, 1.54) is 0 Å². The van der Waals surface area contributed by atoms with E-state index in [-0.39, 0.29) is 30.8 Å². The molecule has 1 atom stereocenters. The molecular weight excluding hydrogens is 372 g/mol. The van der Waals surface area contributed by atoms with E-state index >= 15 is 0 Å². The highest BCUT2D eigenvalue weighted by atomic mass is 16.5. The van der Waals surface area contributed by atoms with E-state index in [0.29, 0.717) is 29.2 Å². The lowest BCUT2D eigenvalue weighted by Crippen LogP contribution is -3.13. The number of rotatable bonds is 9. The number of ether oxygens (including phenoxy) is 1. The Morgan fingerprint density at radius 3 is 2.07 bits per heavy atom. The minimum absolute atomic E-state index is 0.131. The molecule has 0 spiro atoms. The fraction of sp³-hybridized carbons (Fsp3) is 0.286. The van der Waals surface area contributed by atoms with Crippen molar-refractivity contribution in [3.63, 3.8) is 0 Å². The van der Waals surface area contributed by atoms with E-state index in [4.69, 9.17) is 4.74 Å². The number of quaternary nitrogens is 1. The molecule has 29 heavy (non-hydrogen) atoms. The summed E-state index contributed by atoms with van der Waals surface area (Å²) in [6.45, 7) is 2.80. The maximum absolute atomic E-state index is 12.4. The van der Waals surface area contributed by atoms with Crippen LogP contribution in [0.25, 0.3) is 0 Å². The Bertz CT molecular complexity index is 869. The monoisotopic (exact) mass is 399 g/mol. The molecule has 0 aliphatic carbocycles. The first kappa shape index (κ1) is 21.9. The second-order valence-corrected chi connectivity index (χ2v) is 6.45. The van der Waals surface area contributed by atoms with Crippen LogP contribution in [0.15, 0.2) is 48.5 Å². The number of likely N-dealkylation sites (N-methyl/N-ethyl adjacent to an activating group) is 1. The van der Waals surface area contributed by atoms with Gasteiger partial charge in [0.15, 0.2) is 13.1 Å². The Balaban J connectivity index is 1.90. The van der Waals surface area contributed by atoms with Crippen LogP contribution in [0, 0.1) is 0 Å². The molecule has 0 radical (unpaired) electrons. The van der Waals surface area contributed by atoms with Gasteiger partial charge in [-0.1, -0.05) is 12.1 Å². The standard InChI is InChI=1S/C21H26N4O4/c1-4-25(14-20(27)24-17-9-6-10-18(12-17)29-3)13-19(26)23-16-8-5-7-15(11-16)21(28)22-2/h5-12H,4,13-14H2,1-3H3,(H,22,28)(H,23,26)(H,24,27)/p+1. The molecule has 154 valence electrons. The van der Waals surface area contributed by atoms with Gasteiger partial charge in [-0.3, -0.25) is 14.4 Å². The quantitative estimate of drug-likeness (QED) is 0.494. The molecule has 2 aromatic rings. The fourth-order valence-corrected chi connectivity index (χ4v) is 2.76. The predicted molar refractivity (Wildman–Crippen MR) is 111 cm³/mol. The molecule has 0 saturated carbocycles. The predicted octanol–water partition coefficient (Wildman–Crippen LogP) is 0.537. The van der Waals surface area contributed by atoms with Gasteiger partial charge in [0, 0.05) is 30.1 Å². The first-order valence-corrected chi connectivity index (χ1v) is 9.34. The molecule has 8 heteroatoms. The van der Waals surface area contributed by atoms with Crippen molar-refractivity contribution in [3.05, 3.63) is 54.1 Å². The molecule has 0 aromatic heterocycles. The summed E-state index contributed by atoms with van der Waals surface area (Å²) in [6, 6.07) is 13.8. The first-order valence-electron chi connectivity index (χ1n) is 9.34. The number of carbonyl (C=O) groups excluding carboxylic acids is 3. The summed E-state index contributed by atoms with van der Waals surface area (Å²) in [5, 5.41) is 8.13. The van der Waals surface area contributed by atoms with Gasteiger partial charge < -0.3 is 25.6 Å². The number of carbonyl (C=O) groups is 3. The Morgan fingerprint density at radius 2 is 1.52 bits per heavy atom. The average molecular weight is 399 g/mol. The van der Waals surface area contributed by atoms with Crippen LogP contribution in [0.4, 0.5) is 11.4 Å². The maximum Gasteiger partial charge on any atom is 0.279 e. The highest BCUT2D eigenvalue weighted by Crippen LogP contribution is 2.16. The van der Waals surface area contributed by atoms with Crippen molar-refractivity contribution >= 4 is 29.1 Å². The lowest BCUT2D eigenvalue weighted by molar-refractivity contribution is -0.881. The summed E-state index contributed by atoms with van der Waals surface area (Å²) in [6.07, 6.45) is 0. The molecule has 1 unspecified atom stereocenters. The van der Waals surface area contributed by atoms with Gasteiger partial charge in [-0.05, 0) is 37.3 Å². The van der Waals surface area contributed by atoms with E-state index in [9.17, 15) is 14.4 Å². The van der Waals surface area contributed by atoms with Gasteiger partial charge in [0.05, 0.1) is 13.7 Å². The third kappa shape index (κ3) is 6.93. The summed E-state index contributed by atoms with van der Waals surface area (Å²) in [4.78, 5) is 37.2. The second kappa shape index (κ2) is 10.8. The number of benzene rings is 2.